The molecule has 1 aromatic heterocycles. The maximum absolute atomic E-state index is 12.2. The molecule has 0 radical (unpaired) electrons. The van der Waals surface area contributed by atoms with Crippen molar-refractivity contribution >= 4 is 38.1 Å². The lowest BCUT2D eigenvalue weighted by Gasteiger charge is -2.17. The smallest absolute Gasteiger partial charge is 0.239 e. The zero-order valence-corrected chi connectivity index (χ0v) is 16.2. The molecule has 2 aromatic carbocycles. The van der Waals surface area contributed by atoms with E-state index in [4.69, 9.17) is 0 Å². The number of aromatic nitrogens is 1. The van der Waals surface area contributed by atoms with E-state index in [0.717, 1.165) is 51.8 Å². The third kappa shape index (κ3) is 2.57. The second kappa shape index (κ2) is 6.04. The topological polar surface area (TPSA) is 70.6 Å². The van der Waals surface area contributed by atoms with Crippen LogP contribution in [0, 0.1) is 0 Å². The molecule has 28 heavy (non-hydrogen) atoms. The normalized spacial score (nSPS) is 18.1. The molecule has 0 aliphatic carbocycles. The highest BCUT2D eigenvalue weighted by molar-refractivity contribution is 7.92. The van der Waals surface area contributed by atoms with E-state index in [1.54, 1.807) is 19.4 Å². The highest BCUT2D eigenvalue weighted by Crippen LogP contribution is 2.38. The number of hydrogen-bond donors (Lipinski definition) is 0. The standard InChI is InChI=1S/C21H19N3O3S/c1-23-20-7-5-14(9-16(20)13-28(23,26)27)19-12-22-11-15-4-6-17(10-18(15)19)24-8-2-3-21(24)25/h4-7,9-12H,2-3,8,13H2,1H3. The van der Waals surface area contributed by atoms with Gasteiger partial charge in [-0.2, -0.15) is 0 Å². The first-order chi connectivity index (χ1) is 13.4. The fourth-order valence-corrected chi connectivity index (χ4v) is 5.39. The molecule has 142 valence electrons. The fourth-order valence-electron chi connectivity index (χ4n) is 4.09. The van der Waals surface area contributed by atoms with E-state index >= 15 is 0 Å². The number of anilines is 2. The lowest BCUT2D eigenvalue weighted by molar-refractivity contribution is -0.117. The van der Waals surface area contributed by atoms with Crippen molar-refractivity contribution in [3.63, 3.8) is 0 Å². The number of fused-ring (bicyclic) bond motifs is 2. The number of carbonyl (C=O) groups excluding carboxylic acids is 1. The minimum atomic E-state index is -3.28. The Labute approximate surface area is 163 Å². The SMILES string of the molecule is CN1c2ccc(-c3cncc4ccc(N5CCCC5=O)cc34)cc2CS1(=O)=O. The highest BCUT2D eigenvalue weighted by atomic mass is 32.2. The fraction of sp³-hybridized carbons (Fsp3) is 0.238. The summed E-state index contributed by atoms with van der Waals surface area (Å²) in [7, 11) is -1.69. The van der Waals surface area contributed by atoms with E-state index in [-0.39, 0.29) is 11.7 Å². The summed E-state index contributed by atoms with van der Waals surface area (Å²) in [6.45, 7) is 0.744. The van der Waals surface area contributed by atoms with Crippen LogP contribution in [-0.4, -0.2) is 32.9 Å². The van der Waals surface area contributed by atoms with Crippen LogP contribution in [0.3, 0.4) is 0 Å². The van der Waals surface area contributed by atoms with Crippen LogP contribution in [0.5, 0.6) is 0 Å². The molecule has 0 saturated carbocycles. The number of sulfonamides is 1. The van der Waals surface area contributed by atoms with Gasteiger partial charge in [-0.15, -0.1) is 0 Å². The molecule has 1 amide bonds. The van der Waals surface area contributed by atoms with Crippen molar-refractivity contribution in [2.24, 2.45) is 0 Å². The van der Waals surface area contributed by atoms with Crippen molar-refractivity contribution in [3.05, 3.63) is 54.4 Å². The summed E-state index contributed by atoms with van der Waals surface area (Å²) < 4.78 is 25.7. The minimum absolute atomic E-state index is 0.0123. The third-order valence-corrected chi connectivity index (χ3v) is 7.32. The van der Waals surface area contributed by atoms with Crippen LogP contribution < -0.4 is 9.21 Å². The average Bonchev–Trinajstić information content (AvgIpc) is 3.21. The molecular formula is C21H19N3O3S. The first-order valence-corrected chi connectivity index (χ1v) is 10.8. The van der Waals surface area contributed by atoms with E-state index in [9.17, 15) is 13.2 Å². The number of amides is 1. The van der Waals surface area contributed by atoms with Gasteiger partial charge in [0, 0.05) is 49.0 Å². The van der Waals surface area contributed by atoms with Crippen LogP contribution in [0.15, 0.2) is 48.8 Å². The summed E-state index contributed by atoms with van der Waals surface area (Å²) in [4.78, 5) is 18.3. The number of pyridine rings is 1. The lowest BCUT2D eigenvalue weighted by Crippen LogP contribution is -2.23. The molecule has 2 aliphatic heterocycles. The Bertz CT molecular complexity index is 1240. The molecule has 2 aliphatic rings. The van der Waals surface area contributed by atoms with Crippen molar-refractivity contribution in [1.82, 2.24) is 4.98 Å². The zero-order valence-electron chi connectivity index (χ0n) is 15.4. The Kier molecular flexibility index (Phi) is 3.71. The van der Waals surface area contributed by atoms with Crippen LogP contribution >= 0.6 is 0 Å². The predicted octanol–water partition coefficient (Wildman–Crippen LogP) is 3.31. The van der Waals surface area contributed by atoms with Gasteiger partial charge in [0.15, 0.2) is 0 Å². The quantitative estimate of drug-likeness (QED) is 0.670. The van der Waals surface area contributed by atoms with Crippen molar-refractivity contribution in [1.29, 1.82) is 0 Å². The van der Waals surface area contributed by atoms with Gasteiger partial charge in [-0.3, -0.25) is 14.1 Å². The summed E-state index contributed by atoms with van der Waals surface area (Å²) in [6.07, 6.45) is 5.08. The van der Waals surface area contributed by atoms with E-state index in [0.29, 0.717) is 6.42 Å². The molecule has 5 rings (SSSR count). The monoisotopic (exact) mass is 393 g/mol. The van der Waals surface area contributed by atoms with E-state index in [1.807, 2.05) is 41.3 Å². The first kappa shape index (κ1) is 17.2. The molecular weight excluding hydrogens is 374 g/mol. The van der Waals surface area contributed by atoms with Gasteiger partial charge in [-0.25, -0.2) is 8.42 Å². The maximum Gasteiger partial charge on any atom is 0.239 e. The molecule has 0 N–H and O–H groups in total. The van der Waals surface area contributed by atoms with Crippen molar-refractivity contribution in [2.45, 2.75) is 18.6 Å². The molecule has 6 nitrogen and oxygen atoms in total. The van der Waals surface area contributed by atoms with Gasteiger partial charge in [0.1, 0.15) is 0 Å². The van der Waals surface area contributed by atoms with E-state index < -0.39 is 10.0 Å². The Morgan fingerprint density at radius 1 is 1.07 bits per heavy atom. The van der Waals surface area contributed by atoms with Gasteiger partial charge in [-0.05, 0) is 47.2 Å². The van der Waals surface area contributed by atoms with E-state index in [1.165, 1.54) is 4.31 Å². The van der Waals surface area contributed by atoms with Gasteiger partial charge in [0.25, 0.3) is 0 Å². The summed E-state index contributed by atoms with van der Waals surface area (Å²) in [5.74, 6) is 0.166. The van der Waals surface area contributed by atoms with Crippen molar-refractivity contribution in [3.8, 4) is 11.1 Å². The van der Waals surface area contributed by atoms with Gasteiger partial charge < -0.3 is 4.90 Å². The Balaban J connectivity index is 1.65. The van der Waals surface area contributed by atoms with Crippen molar-refractivity contribution in [2.75, 3.05) is 22.8 Å². The third-order valence-electron chi connectivity index (χ3n) is 5.61. The first-order valence-electron chi connectivity index (χ1n) is 9.22. The van der Waals surface area contributed by atoms with Crippen LogP contribution in [0.2, 0.25) is 0 Å². The van der Waals surface area contributed by atoms with Crippen LogP contribution in [0.4, 0.5) is 11.4 Å². The summed E-state index contributed by atoms with van der Waals surface area (Å²) in [6, 6.07) is 11.7. The Morgan fingerprint density at radius 2 is 1.93 bits per heavy atom. The molecule has 0 atom stereocenters. The molecule has 0 bridgehead atoms. The second-order valence-electron chi connectivity index (χ2n) is 7.31. The number of rotatable bonds is 2. The summed E-state index contributed by atoms with van der Waals surface area (Å²) >= 11 is 0. The number of hydrogen-bond acceptors (Lipinski definition) is 4. The molecule has 1 saturated heterocycles. The molecule has 0 unspecified atom stereocenters. The highest BCUT2D eigenvalue weighted by Gasteiger charge is 2.30. The molecule has 1 fully saturated rings. The molecule has 7 heteroatoms. The number of benzene rings is 2. The second-order valence-corrected chi connectivity index (χ2v) is 9.31. The largest absolute Gasteiger partial charge is 0.312 e. The maximum atomic E-state index is 12.2. The predicted molar refractivity (Wildman–Crippen MR) is 110 cm³/mol. The number of carbonyl (C=O) groups is 1. The summed E-state index contributed by atoms with van der Waals surface area (Å²) in [5, 5.41) is 1.99. The number of nitrogens with zero attached hydrogens (tertiary/aromatic N) is 3. The molecule has 3 aromatic rings. The van der Waals surface area contributed by atoms with Gasteiger partial charge >= 0.3 is 0 Å². The molecule has 3 heterocycles. The van der Waals surface area contributed by atoms with Gasteiger partial charge in [0.2, 0.25) is 15.9 Å². The average molecular weight is 393 g/mol. The van der Waals surface area contributed by atoms with E-state index in [2.05, 4.69) is 4.98 Å². The van der Waals surface area contributed by atoms with Crippen molar-refractivity contribution < 1.29 is 13.2 Å². The van der Waals surface area contributed by atoms with Crippen LogP contribution in [0.1, 0.15) is 18.4 Å². The Hall–Kier alpha value is -2.93. The Morgan fingerprint density at radius 3 is 2.71 bits per heavy atom. The minimum Gasteiger partial charge on any atom is -0.312 e. The van der Waals surface area contributed by atoms with Gasteiger partial charge in [-0.1, -0.05) is 12.1 Å². The zero-order chi connectivity index (χ0) is 19.5. The summed E-state index contributed by atoms with van der Waals surface area (Å²) in [5.41, 5.74) is 4.27. The lowest BCUT2D eigenvalue weighted by atomic mass is 9.98. The molecule has 0 spiro atoms. The van der Waals surface area contributed by atoms with Crippen LogP contribution in [-0.2, 0) is 20.6 Å². The van der Waals surface area contributed by atoms with Gasteiger partial charge in [0.05, 0.1) is 11.4 Å². The van der Waals surface area contributed by atoms with Crippen LogP contribution in [0.25, 0.3) is 21.9 Å².